The molecule has 0 aromatic heterocycles. The van der Waals surface area contributed by atoms with Crippen molar-refractivity contribution in [3.05, 3.63) is 35.4 Å². The Morgan fingerprint density at radius 2 is 2.27 bits per heavy atom. The number of nitrogens with one attached hydrogen (secondary N) is 1. The Labute approximate surface area is 91.6 Å². The third-order valence-electron chi connectivity index (χ3n) is 2.81. The second kappa shape index (κ2) is 5.29. The fraction of sp³-hybridized carbons (Fsp3) is 0.538. The summed E-state index contributed by atoms with van der Waals surface area (Å²) in [7, 11) is 1.73. The first-order chi connectivity index (χ1) is 7.40. The van der Waals surface area contributed by atoms with Crippen molar-refractivity contribution in [2.75, 3.05) is 20.3 Å². The molecule has 82 valence electrons. The summed E-state index contributed by atoms with van der Waals surface area (Å²) >= 11 is 0. The van der Waals surface area contributed by atoms with Gasteiger partial charge in [0.05, 0.1) is 6.61 Å². The molecular formula is C13H19NO. The number of benzene rings is 1. The Morgan fingerprint density at radius 3 is 3.00 bits per heavy atom. The highest BCUT2D eigenvalue weighted by Gasteiger charge is 2.23. The molecule has 0 aliphatic heterocycles. The summed E-state index contributed by atoms with van der Waals surface area (Å²) in [5.41, 5.74) is 2.90. The van der Waals surface area contributed by atoms with E-state index in [-0.39, 0.29) is 0 Å². The highest BCUT2D eigenvalue weighted by Crippen LogP contribution is 2.40. The van der Waals surface area contributed by atoms with Crippen LogP contribution in [0.1, 0.15) is 29.9 Å². The Hall–Kier alpha value is -0.860. The predicted octanol–water partition coefficient (Wildman–Crippen LogP) is 2.30. The minimum absolute atomic E-state index is 0.780. The summed E-state index contributed by atoms with van der Waals surface area (Å²) in [5.74, 6) is 0.851. The molecule has 0 spiro atoms. The molecule has 0 heterocycles. The summed E-state index contributed by atoms with van der Waals surface area (Å²) in [4.78, 5) is 0. The third-order valence-corrected chi connectivity index (χ3v) is 2.81. The summed E-state index contributed by atoms with van der Waals surface area (Å²) in [5, 5.41) is 3.36. The Kier molecular flexibility index (Phi) is 3.75. The van der Waals surface area contributed by atoms with Crippen molar-refractivity contribution in [3.63, 3.8) is 0 Å². The lowest BCUT2D eigenvalue weighted by Gasteiger charge is -2.06. The molecule has 0 radical (unpaired) electrons. The van der Waals surface area contributed by atoms with Crippen molar-refractivity contribution in [2.24, 2.45) is 0 Å². The number of hydrogen-bond donors (Lipinski definition) is 1. The zero-order valence-electron chi connectivity index (χ0n) is 9.33. The molecule has 0 saturated heterocycles. The lowest BCUT2D eigenvalue weighted by atomic mass is 10.1. The van der Waals surface area contributed by atoms with E-state index in [0.717, 1.165) is 25.6 Å². The molecule has 0 unspecified atom stereocenters. The van der Waals surface area contributed by atoms with Gasteiger partial charge in [0.1, 0.15) is 0 Å². The van der Waals surface area contributed by atoms with Crippen molar-refractivity contribution in [2.45, 2.75) is 25.3 Å². The molecule has 0 atom stereocenters. The summed E-state index contributed by atoms with van der Waals surface area (Å²) in [6, 6.07) is 8.93. The van der Waals surface area contributed by atoms with Gasteiger partial charge in [0.15, 0.2) is 0 Å². The zero-order chi connectivity index (χ0) is 10.5. The smallest absolute Gasteiger partial charge is 0.0587 e. The average Bonchev–Trinajstić information content (AvgIpc) is 3.09. The van der Waals surface area contributed by atoms with E-state index in [2.05, 4.69) is 29.6 Å². The fourth-order valence-corrected chi connectivity index (χ4v) is 1.78. The Bertz CT molecular complexity index is 307. The van der Waals surface area contributed by atoms with E-state index in [1.165, 1.54) is 24.0 Å². The summed E-state index contributed by atoms with van der Waals surface area (Å²) < 4.78 is 4.99. The van der Waals surface area contributed by atoms with Crippen LogP contribution in [0.5, 0.6) is 0 Å². The molecule has 1 aromatic carbocycles. The second-order valence-electron chi connectivity index (χ2n) is 4.19. The molecule has 1 fully saturated rings. The van der Waals surface area contributed by atoms with Crippen molar-refractivity contribution < 1.29 is 4.74 Å². The first-order valence-electron chi connectivity index (χ1n) is 5.68. The zero-order valence-corrected chi connectivity index (χ0v) is 9.33. The molecule has 0 bridgehead atoms. The van der Waals surface area contributed by atoms with E-state index < -0.39 is 0 Å². The van der Waals surface area contributed by atoms with Gasteiger partial charge in [0, 0.05) is 20.2 Å². The maximum absolute atomic E-state index is 4.99. The van der Waals surface area contributed by atoms with Crippen LogP contribution in [0.25, 0.3) is 0 Å². The third kappa shape index (κ3) is 3.33. The normalized spacial score (nSPS) is 15.5. The van der Waals surface area contributed by atoms with Gasteiger partial charge in [-0.1, -0.05) is 24.3 Å². The maximum Gasteiger partial charge on any atom is 0.0587 e. The molecular weight excluding hydrogens is 186 g/mol. The minimum Gasteiger partial charge on any atom is -0.383 e. The van der Waals surface area contributed by atoms with Crippen molar-refractivity contribution in [1.29, 1.82) is 0 Å². The van der Waals surface area contributed by atoms with Crippen LogP contribution in [-0.4, -0.2) is 20.3 Å². The van der Waals surface area contributed by atoms with Crippen molar-refractivity contribution >= 4 is 0 Å². The Morgan fingerprint density at radius 1 is 1.40 bits per heavy atom. The monoisotopic (exact) mass is 205 g/mol. The Balaban J connectivity index is 1.82. The minimum atomic E-state index is 0.780. The van der Waals surface area contributed by atoms with Crippen LogP contribution in [0.3, 0.4) is 0 Å². The van der Waals surface area contributed by atoms with Gasteiger partial charge in [-0.25, -0.2) is 0 Å². The standard InChI is InChI=1S/C13H19NO/c1-15-8-7-14-10-11-3-2-4-13(9-11)12-5-6-12/h2-4,9,12,14H,5-8,10H2,1H3. The highest BCUT2D eigenvalue weighted by atomic mass is 16.5. The molecule has 1 aromatic rings. The van der Waals surface area contributed by atoms with E-state index in [9.17, 15) is 0 Å². The van der Waals surface area contributed by atoms with Gasteiger partial charge in [-0.3, -0.25) is 0 Å². The van der Waals surface area contributed by atoms with Crippen molar-refractivity contribution in [1.82, 2.24) is 5.32 Å². The van der Waals surface area contributed by atoms with Crippen LogP contribution < -0.4 is 5.32 Å². The van der Waals surface area contributed by atoms with Gasteiger partial charge in [0.2, 0.25) is 0 Å². The molecule has 0 amide bonds. The molecule has 1 aliphatic carbocycles. The van der Waals surface area contributed by atoms with E-state index in [1.54, 1.807) is 7.11 Å². The van der Waals surface area contributed by atoms with Gasteiger partial charge in [-0.2, -0.15) is 0 Å². The second-order valence-corrected chi connectivity index (χ2v) is 4.19. The molecule has 1 N–H and O–H groups in total. The average molecular weight is 205 g/mol. The van der Waals surface area contributed by atoms with Crippen LogP contribution in [0.15, 0.2) is 24.3 Å². The van der Waals surface area contributed by atoms with E-state index in [0.29, 0.717) is 0 Å². The first-order valence-corrected chi connectivity index (χ1v) is 5.68. The summed E-state index contributed by atoms with van der Waals surface area (Å²) in [6.07, 6.45) is 2.75. The molecule has 2 heteroatoms. The van der Waals surface area contributed by atoms with Crippen LogP contribution >= 0.6 is 0 Å². The van der Waals surface area contributed by atoms with Gasteiger partial charge in [0.25, 0.3) is 0 Å². The van der Waals surface area contributed by atoms with Gasteiger partial charge >= 0.3 is 0 Å². The van der Waals surface area contributed by atoms with Gasteiger partial charge in [-0.05, 0) is 29.9 Å². The lowest BCUT2D eigenvalue weighted by Crippen LogP contribution is -2.18. The molecule has 1 saturated carbocycles. The van der Waals surface area contributed by atoms with Crippen LogP contribution in [0.2, 0.25) is 0 Å². The van der Waals surface area contributed by atoms with Crippen molar-refractivity contribution in [3.8, 4) is 0 Å². The number of hydrogen-bond acceptors (Lipinski definition) is 2. The molecule has 2 rings (SSSR count). The molecule has 1 aliphatic rings. The SMILES string of the molecule is COCCNCc1cccc(C2CC2)c1. The number of methoxy groups -OCH3 is 1. The lowest BCUT2D eigenvalue weighted by molar-refractivity contribution is 0.199. The first kappa shape index (κ1) is 10.7. The van der Waals surface area contributed by atoms with Gasteiger partial charge in [-0.15, -0.1) is 0 Å². The van der Waals surface area contributed by atoms with E-state index in [1.807, 2.05) is 0 Å². The van der Waals surface area contributed by atoms with E-state index in [4.69, 9.17) is 4.74 Å². The summed E-state index contributed by atoms with van der Waals surface area (Å²) in [6.45, 7) is 2.65. The quantitative estimate of drug-likeness (QED) is 0.719. The fourth-order valence-electron chi connectivity index (χ4n) is 1.78. The molecule has 15 heavy (non-hydrogen) atoms. The largest absolute Gasteiger partial charge is 0.383 e. The number of ether oxygens (including phenoxy) is 1. The number of rotatable bonds is 6. The predicted molar refractivity (Wildman–Crippen MR) is 62.0 cm³/mol. The van der Waals surface area contributed by atoms with Gasteiger partial charge < -0.3 is 10.1 Å². The molecule has 2 nitrogen and oxygen atoms in total. The van der Waals surface area contributed by atoms with Crippen LogP contribution in [0, 0.1) is 0 Å². The topological polar surface area (TPSA) is 21.3 Å². The van der Waals surface area contributed by atoms with E-state index >= 15 is 0 Å². The van der Waals surface area contributed by atoms with Crippen LogP contribution in [0.4, 0.5) is 0 Å². The highest BCUT2D eigenvalue weighted by molar-refractivity contribution is 5.28. The maximum atomic E-state index is 4.99. The van der Waals surface area contributed by atoms with Crippen LogP contribution in [-0.2, 0) is 11.3 Å².